The van der Waals surface area contributed by atoms with Crippen molar-refractivity contribution in [3.05, 3.63) is 12.2 Å². The monoisotopic (exact) mass is 257 g/mol. The molecule has 0 bridgehead atoms. The largest absolute Gasteiger partial charge is 0.347 e. The van der Waals surface area contributed by atoms with Gasteiger partial charge >= 0.3 is 0 Å². The second kappa shape index (κ2) is 7.29. The number of hydrogen-bond acceptors (Lipinski definition) is 5. The molecule has 1 aromatic heterocycles. The van der Waals surface area contributed by atoms with Gasteiger partial charge in [0.15, 0.2) is 5.82 Å². The number of aryl methyl sites for hydroxylation is 1. The summed E-state index contributed by atoms with van der Waals surface area (Å²) >= 11 is 1.68. The molecule has 96 valence electrons. The molecule has 6 nitrogen and oxygen atoms in total. The van der Waals surface area contributed by atoms with Crippen LogP contribution in [0.15, 0.2) is 6.33 Å². The van der Waals surface area contributed by atoms with Crippen LogP contribution in [0.3, 0.4) is 0 Å². The van der Waals surface area contributed by atoms with Crippen molar-refractivity contribution in [2.75, 3.05) is 12.0 Å². The van der Waals surface area contributed by atoms with E-state index in [0.29, 0.717) is 13.0 Å². The Balaban J connectivity index is 2.37. The summed E-state index contributed by atoms with van der Waals surface area (Å²) in [6.07, 6.45) is 4.33. The Hall–Kier alpha value is -1.08. The van der Waals surface area contributed by atoms with Crippen molar-refractivity contribution >= 4 is 17.7 Å². The summed E-state index contributed by atoms with van der Waals surface area (Å²) in [5.41, 5.74) is 5.75. The van der Waals surface area contributed by atoms with E-state index in [9.17, 15) is 4.79 Å². The number of rotatable bonds is 7. The third kappa shape index (κ3) is 4.35. The van der Waals surface area contributed by atoms with Gasteiger partial charge in [-0.1, -0.05) is 0 Å². The van der Waals surface area contributed by atoms with Gasteiger partial charge < -0.3 is 15.6 Å². The van der Waals surface area contributed by atoms with Crippen molar-refractivity contribution in [3.63, 3.8) is 0 Å². The van der Waals surface area contributed by atoms with Gasteiger partial charge in [-0.25, -0.2) is 0 Å². The molecule has 1 aromatic rings. The number of nitrogens with one attached hydrogen (secondary N) is 1. The molecule has 0 saturated carbocycles. The number of nitrogens with zero attached hydrogens (tertiary/aromatic N) is 3. The van der Waals surface area contributed by atoms with Crippen LogP contribution < -0.4 is 11.1 Å². The zero-order valence-corrected chi connectivity index (χ0v) is 11.0. The number of thioether (sulfide) groups is 1. The average Bonchev–Trinajstić information content (AvgIpc) is 2.80. The molecule has 0 aliphatic rings. The van der Waals surface area contributed by atoms with Crippen molar-refractivity contribution in [1.29, 1.82) is 0 Å². The average molecular weight is 257 g/mol. The second-order valence-corrected chi connectivity index (χ2v) is 4.62. The molecule has 3 N–H and O–H groups in total. The van der Waals surface area contributed by atoms with Crippen LogP contribution in [-0.2, 0) is 17.9 Å². The Bertz CT molecular complexity index is 354. The van der Waals surface area contributed by atoms with E-state index in [1.807, 2.05) is 17.7 Å². The lowest BCUT2D eigenvalue weighted by atomic mass is 10.2. The normalized spacial score (nSPS) is 12.4. The highest BCUT2D eigenvalue weighted by Gasteiger charge is 2.13. The summed E-state index contributed by atoms with van der Waals surface area (Å²) in [4.78, 5) is 11.6. The van der Waals surface area contributed by atoms with Crippen molar-refractivity contribution in [2.24, 2.45) is 5.73 Å². The third-order valence-electron chi connectivity index (χ3n) is 2.43. The highest BCUT2D eigenvalue weighted by molar-refractivity contribution is 7.98. The zero-order chi connectivity index (χ0) is 12.7. The molecule has 1 atom stereocenters. The van der Waals surface area contributed by atoms with Crippen LogP contribution in [0.25, 0.3) is 0 Å². The maximum absolute atomic E-state index is 11.6. The number of amides is 1. The molecule has 17 heavy (non-hydrogen) atoms. The number of carbonyl (C=O) groups excluding carboxylic acids is 1. The molecule has 0 unspecified atom stereocenters. The summed E-state index contributed by atoms with van der Waals surface area (Å²) in [6, 6.07) is -0.444. The number of nitrogens with two attached hydrogens (primary N) is 1. The van der Waals surface area contributed by atoms with Gasteiger partial charge in [0.2, 0.25) is 5.91 Å². The first kappa shape index (κ1) is 14.0. The molecule has 1 heterocycles. The van der Waals surface area contributed by atoms with Gasteiger partial charge in [-0.3, -0.25) is 4.79 Å². The van der Waals surface area contributed by atoms with Gasteiger partial charge in [-0.2, -0.15) is 11.8 Å². The predicted molar refractivity (Wildman–Crippen MR) is 68.5 cm³/mol. The van der Waals surface area contributed by atoms with Crippen LogP contribution in [0.1, 0.15) is 19.2 Å². The van der Waals surface area contributed by atoms with E-state index < -0.39 is 6.04 Å². The van der Waals surface area contributed by atoms with Crippen molar-refractivity contribution in [1.82, 2.24) is 20.1 Å². The molecular weight excluding hydrogens is 238 g/mol. The molecule has 0 aliphatic heterocycles. The van der Waals surface area contributed by atoms with Gasteiger partial charge in [0.1, 0.15) is 6.33 Å². The van der Waals surface area contributed by atoms with E-state index in [2.05, 4.69) is 15.5 Å². The summed E-state index contributed by atoms with van der Waals surface area (Å²) in [6.45, 7) is 3.16. The molecule has 0 radical (unpaired) electrons. The van der Waals surface area contributed by atoms with Crippen molar-refractivity contribution in [3.8, 4) is 0 Å². The molecule has 0 fully saturated rings. The molecule has 0 aliphatic carbocycles. The fourth-order valence-corrected chi connectivity index (χ4v) is 1.84. The summed E-state index contributed by atoms with van der Waals surface area (Å²) in [5, 5.41) is 10.5. The minimum Gasteiger partial charge on any atom is -0.347 e. The number of carbonyl (C=O) groups is 1. The fourth-order valence-electron chi connectivity index (χ4n) is 1.35. The molecule has 1 amide bonds. The molecule has 0 aromatic carbocycles. The highest BCUT2D eigenvalue weighted by atomic mass is 32.2. The van der Waals surface area contributed by atoms with Gasteiger partial charge in [0.25, 0.3) is 0 Å². The Kier molecular flexibility index (Phi) is 5.99. The summed E-state index contributed by atoms with van der Waals surface area (Å²) in [7, 11) is 0. The van der Waals surface area contributed by atoms with Crippen molar-refractivity contribution < 1.29 is 4.79 Å². The van der Waals surface area contributed by atoms with Crippen LogP contribution in [0.5, 0.6) is 0 Å². The third-order valence-corrected chi connectivity index (χ3v) is 3.07. The standard InChI is InChI=1S/C10H19N5OS/c1-3-15-7-13-14-9(15)6-12-10(16)8(11)4-5-17-2/h7-8H,3-6,11H2,1-2H3,(H,12,16)/t8-/m1/s1. The van der Waals surface area contributed by atoms with Crippen LogP contribution >= 0.6 is 11.8 Å². The van der Waals surface area contributed by atoms with Crippen molar-refractivity contribution in [2.45, 2.75) is 32.5 Å². The van der Waals surface area contributed by atoms with E-state index >= 15 is 0 Å². The van der Waals surface area contributed by atoms with E-state index in [1.54, 1.807) is 18.1 Å². The minimum atomic E-state index is -0.444. The Morgan fingerprint density at radius 3 is 3.12 bits per heavy atom. The van der Waals surface area contributed by atoms with Gasteiger partial charge in [0.05, 0.1) is 12.6 Å². The lowest BCUT2D eigenvalue weighted by Crippen LogP contribution is -2.40. The van der Waals surface area contributed by atoms with Gasteiger partial charge in [-0.15, -0.1) is 10.2 Å². The van der Waals surface area contributed by atoms with E-state index in [0.717, 1.165) is 18.1 Å². The minimum absolute atomic E-state index is 0.135. The Morgan fingerprint density at radius 1 is 1.71 bits per heavy atom. The number of hydrogen-bond donors (Lipinski definition) is 2. The van der Waals surface area contributed by atoms with E-state index in [4.69, 9.17) is 5.73 Å². The molecule has 1 rings (SSSR count). The Labute approximate surface area is 105 Å². The molecule has 0 spiro atoms. The predicted octanol–water partition coefficient (Wildman–Crippen LogP) is -0.00540. The lowest BCUT2D eigenvalue weighted by molar-refractivity contribution is -0.122. The van der Waals surface area contributed by atoms with E-state index in [-0.39, 0.29) is 5.91 Å². The maximum atomic E-state index is 11.6. The van der Waals surface area contributed by atoms with Crippen LogP contribution in [0, 0.1) is 0 Å². The smallest absolute Gasteiger partial charge is 0.237 e. The Morgan fingerprint density at radius 2 is 2.47 bits per heavy atom. The second-order valence-electron chi connectivity index (χ2n) is 3.64. The van der Waals surface area contributed by atoms with Crippen LogP contribution in [-0.4, -0.2) is 38.7 Å². The highest BCUT2D eigenvalue weighted by Crippen LogP contribution is 1.99. The summed E-state index contributed by atoms with van der Waals surface area (Å²) < 4.78 is 1.88. The maximum Gasteiger partial charge on any atom is 0.237 e. The number of aromatic nitrogens is 3. The van der Waals surface area contributed by atoms with E-state index in [1.165, 1.54) is 0 Å². The first-order valence-electron chi connectivity index (χ1n) is 5.58. The van der Waals surface area contributed by atoms with Crippen LogP contribution in [0.2, 0.25) is 0 Å². The quantitative estimate of drug-likeness (QED) is 0.718. The molecular formula is C10H19N5OS. The SMILES string of the molecule is CCn1cnnc1CNC(=O)[C@H](N)CCSC. The zero-order valence-electron chi connectivity index (χ0n) is 10.2. The first-order chi connectivity index (χ1) is 8.19. The molecule has 7 heteroatoms. The fraction of sp³-hybridized carbons (Fsp3) is 0.700. The van der Waals surface area contributed by atoms with Crippen LogP contribution in [0.4, 0.5) is 0 Å². The molecule has 0 saturated heterocycles. The topological polar surface area (TPSA) is 85.8 Å². The lowest BCUT2D eigenvalue weighted by Gasteiger charge is -2.11. The van der Waals surface area contributed by atoms with Gasteiger partial charge in [0, 0.05) is 6.54 Å². The van der Waals surface area contributed by atoms with Gasteiger partial charge in [-0.05, 0) is 25.4 Å². The summed E-state index contributed by atoms with van der Waals surface area (Å²) in [5.74, 6) is 1.50. The first-order valence-corrected chi connectivity index (χ1v) is 6.97.